The van der Waals surface area contributed by atoms with Crippen molar-refractivity contribution in [3.63, 3.8) is 0 Å². The predicted molar refractivity (Wildman–Crippen MR) is 165 cm³/mol. The molecule has 2 heterocycles. The van der Waals surface area contributed by atoms with Crippen molar-refractivity contribution < 1.29 is 49.5 Å². The van der Waals surface area contributed by atoms with Gasteiger partial charge in [-0.3, -0.25) is 29.0 Å². The number of nitrogens with two attached hydrogens (primary N) is 5. The molecule has 3 rings (SSSR count). The van der Waals surface area contributed by atoms with E-state index in [2.05, 4.69) is 21.4 Å². The maximum atomic E-state index is 10.4. The summed E-state index contributed by atoms with van der Waals surface area (Å²) < 4.78 is 0. The van der Waals surface area contributed by atoms with Crippen LogP contribution in [0, 0.1) is 0 Å². The maximum absolute atomic E-state index is 10.4. The van der Waals surface area contributed by atoms with Crippen molar-refractivity contribution in [3.05, 3.63) is 35.9 Å². The number of nitrogens with one attached hydrogen (secondary N) is 2. The Labute approximate surface area is 261 Å². The second kappa shape index (κ2) is 26.1. The number of benzene rings is 1. The van der Waals surface area contributed by atoms with E-state index in [1.54, 1.807) is 0 Å². The van der Waals surface area contributed by atoms with E-state index in [9.17, 15) is 24.0 Å². The molecule has 2 aliphatic heterocycles. The Balaban J connectivity index is 0. The van der Waals surface area contributed by atoms with E-state index in [0.717, 1.165) is 44.3 Å². The summed E-state index contributed by atoms with van der Waals surface area (Å²) >= 11 is 0. The molecule has 45 heavy (non-hydrogen) atoms. The van der Waals surface area contributed by atoms with Gasteiger partial charge in [0, 0.05) is 6.54 Å². The average Bonchev–Trinajstić information content (AvgIpc) is 3.72. The van der Waals surface area contributed by atoms with Crippen LogP contribution >= 0.6 is 0 Å². The number of carbonyl (C=O) groups is 5. The van der Waals surface area contributed by atoms with E-state index in [-0.39, 0.29) is 24.6 Å². The van der Waals surface area contributed by atoms with Gasteiger partial charge in [0.2, 0.25) is 0 Å². The molecule has 18 nitrogen and oxygen atoms in total. The van der Waals surface area contributed by atoms with E-state index in [4.69, 9.17) is 48.5 Å². The van der Waals surface area contributed by atoms with Crippen LogP contribution < -0.4 is 39.3 Å². The third kappa shape index (κ3) is 25.8. The van der Waals surface area contributed by atoms with Crippen molar-refractivity contribution in [1.29, 1.82) is 0 Å². The highest BCUT2D eigenvalue weighted by atomic mass is 16.4. The molecular weight excluding hydrogens is 596 g/mol. The summed E-state index contributed by atoms with van der Waals surface area (Å²) in [6.45, 7) is 1.86. The lowest BCUT2D eigenvalue weighted by molar-refractivity contribution is -0.140. The lowest BCUT2D eigenvalue weighted by Gasteiger charge is -2.04. The average molecular weight is 645 g/mol. The third-order valence-electron chi connectivity index (χ3n) is 5.79. The zero-order valence-corrected chi connectivity index (χ0v) is 25.1. The molecule has 0 radical (unpaired) electrons. The van der Waals surface area contributed by atoms with Crippen molar-refractivity contribution in [2.45, 2.75) is 69.1 Å². The first kappa shape index (κ1) is 42.8. The first-order valence-electron chi connectivity index (χ1n) is 14.0. The summed E-state index contributed by atoms with van der Waals surface area (Å²) in [5.41, 5.74) is 26.2. The molecule has 0 bridgehead atoms. The minimum absolute atomic E-state index is 0.0129. The van der Waals surface area contributed by atoms with Crippen LogP contribution in [0.15, 0.2) is 35.3 Å². The van der Waals surface area contributed by atoms with Crippen LogP contribution in [0.5, 0.6) is 0 Å². The molecule has 1 aromatic rings. The number of carboxylic acids is 5. The topological polar surface area (TPSA) is 353 Å². The first-order chi connectivity index (χ1) is 21.1. The Morgan fingerprint density at radius 1 is 0.800 bits per heavy atom. The van der Waals surface area contributed by atoms with Gasteiger partial charge in [-0.1, -0.05) is 30.3 Å². The Kier molecular flexibility index (Phi) is 24.8. The van der Waals surface area contributed by atoms with Gasteiger partial charge in [0.1, 0.15) is 24.2 Å². The minimum Gasteiger partial charge on any atom is -0.480 e. The lowest BCUT2D eigenvalue weighted by Crippen LogP contribution is -2.32. The van der Waals surface area contributed by atoms with Crippen molar-refractivity contribution >= 4 is 35.8 Å². The third-order valence-corrected chi connectivity index (χ3v) is 5.79. The number of aliphatic carboxylic acids is 5. The largest absolute Gasteiger partial charge is 0.480 e. The number of carboxylic acid groups (broad SMARTS) is 5. The quantitative estimate of drug-likeness (QED) is 0.0688. The van der Waals surface area contributed by atoms with Crippen LogP contribution in [-0.4, -0.2) is 112 Å². The molecule has 18 heteroatoms. The smallest absolute Gasteiger partial charge is 0.320 e. The maximum Gasteiger partial charge on any atom is 0.320 e. The summed E-state index contributed by atoms with van der Waals surface area (Å²) in [6, 6.07) is 7.19. The highest BCUT2D eigenvalue weighted by molar-refractivity contribution is 5.76. The molecular formula is C27H48N8O10. The van der Waals surface area contributed by atoms with Gasteiger partial charge < -0.3 is 64.8 Å². The van der Waals surface area contributed by atoms with Crippen LogP contribution in [0.25, 0.3) is 0 Å². The van der Waals surface area contributed by atoms with Gasteiger partial charge in [-0.05, 0) is 63.6 Å². The van der Waals surface area contributed by atoms with Crippen molar-refractivity contribution in [3.8, 4) is 0 Å². The standard InChI is InChI=1S/C9H11NO2.C6H14N4O2.2C5H9NO2.C2H5NO2/c10-8(9(11)12)6-7-4-2-1-3-5-7;7-4(5(11)12)2-1-3-10-6(8)9;2*7-5(8)4-2-1-3-6-4;3-1-2(4)5/h1-5,8H,6,10H2,(H,11,12);4H,1-3,7H2,(H,11,12)(H4,8,9,10);2*4,6H,1-3H2,(H,7,8);1,3H2,(H,4,5)/t8-;3*4-;/m0000./s1. The molecule has 17 N–H and O–H groups in total. The van der Waals surface area contributed by atoms with Crippen molar-refractivity contribution in [1.82, 2.24) is 10.6 Å². The molecule has 2 fully saturated rings. The summed E-state index contributed by atoms with van der Waals surface area (Å²) in [6.07, 6.45) is 4.91. The van der Waals surface area contributed by atoms with Crippen LogP contribution in [0.1, 0.15) is 44.1 Å². The highest BCUT2D eigenvalue weighted by Gasteiger charge is 2.21. The Morgan fingerprint density at radius 2 is 1.24 bits per heavy atom. The van der Waals surface area contributed by atoms with Crippen LogP contribution in [0.2, 0.25) is 0 Å². The Morgan fingerprint density at radius 3 is 1.53 bits per heavy atom. The van der Waals surface area contributed by atoms with E-state index >= 15 is 0 Å². The molecule has 2 saturated heterocycles. The van der Waals surface area contributed by atoms with Gasteiger partial charge >= 0.3 is 29.8 Å². The molecule has 2 aliphatic rings. The number of nitrogens with zero attached hydrogens (tertiary/aromatic N) is 1. The monoisotopic (exact) mass is 644 g/mol. The van der Waals surface area contributed by atoms with E-state index in [0.29, 0.717) is 25.8 Å². The van der Waals surface area contributed by atoms with Gasteiger partial charge in [-0.15, -0.1) is 0 Å². The lowest BCUT2D eigenvalue weighted by atomic mass is 10.1. The molecule has 256 valence electrons. The second-order valence-corrected chi connectivity index (χ2v) is 9.60. The molecule has 0 aromatic heterocycles. The zero-order valence-electron chi connectivity index (χ0n) is 25.1. The van der Waals surface area contributed by atoms with Gasteiger partial charge in [0.15, 0.2) is 5.96 Å². The summed E-state index contributed by atoms with van der Waals surface area (Å²) in [5, 5.41) is 46.9. The Bertz CT molecular complexity index is 1000. The zero-order chi connectivity index (χ0) is 34.8. The van der Waals surface area contributed by atoms with Gasteiger partial charge in [0.05, 0.1) is 6.54 Å². The van der Waals surface area contributed by atoms with Crippen molar-refractivity contribution in [2.24, 2.45) is 33.7 Å². The molecule has 0 aliphatic carbocycles. The number of aliphatic imine (C=N–C) groups is 1. The SMILES string of the molecule is NC(N)=NCCC[C@H](N)C(=O)O.NCC(=O)O.N[C@@H](Cc1ccccc1)C(=O)O.O=C(O)[C@@H]1CCCN1.O=C(O)[C@@H]1CCCN1. The first-order valence-corrected chi connectivity index (χ1v) is 14.0. The fourth-order valence-corrected chi connectivity index (χ4v) is 3.39. The molecule has 1 aromatic carbocycles. The number of guanidine groups is 1. The van der Waals surface area contributed by atoms with Crippen LogP contribution in [-0.2, 0) is 30.4 Å². The van der Waals surface area contributed by atoms with Crippen LogP contribution in [0.4, 0.5) is 0 Å². The van der Waals surface area contributed by atoms with Gasteiger partial charge in [-0.25, -0.2) is 0 Å². The van der Waals surface area contributed by atoms with Crippen LogP contribution in [0.3, 0.4) is 0 Å². The molecule has 0 spiro atoms. The molecule has 0 unspecified atom stereocenters. The molecule has 4 atom stereocenters. The molecule has 0 saturated carbocycles. The second-order valence-electron chi connectivity index (χ2n) is 9.60. The van der Waals surface area contributed by atoms with Gasteiger partial charge in [-0.2, -0.15) is 0 Å². The minimum atomic E-state index is -1.00. The summed E-state index contributed by atoms with van der Waals surface area (Å²) in [5.74, 6) is -4.35. The number of hydrogen-bond donors (Lipinski definition) is 12. The predicted octanol–water partition coefficient (Wildman–Crippen LogP) is -2.23. The fourth-order valence-electron chi connectivity index (χ4n) is 3.39. The fraction of sp³-hybridized carbons (Fsp3) is 0.556. The van der Waals surface area contributed by atoms with Gasteiger partial charge in [0.25, 0.3) is 0 Å². The highest BCUT2D eigenvalue weighted by Crippen LogP contribution is 2.04. The Hall–Kier alpha value is -4.36. The van der Waals surface area contributed by atoms with E-state index < -0.39 is 41.9 Å². The normalized spacial score (nSPS) is 17.4. The van der Waals surface area contributed by atoms with E-state index in [1.165, 1.54) is 0 Å². The van der Waals surface area contributed by atoms with E-state index in [1.807, 2.05) is 30.3 Å². The number of hydrogen-bond acceptors (Lipinski definition) is 11. The molecule has 0 amide bonds. The number of rotatable bonds is 11. The summed E-state index contributed by atoms with van der Waals surface area (Å²) in [7, 11) is 0. The van der Waals surface area contributed by atoms with Crippen molar-refractivity contribution in [2.75, 3.05) is 26.2 Å². The summed E-state index contributed by atoms with van der Waals surface area (Å²) in [4.78, 5) is 53.8.